The summed E-state index contributed by atoms with van der Waals surface area (Å²) in [6.07, 6.45) is 0.236. The third kappa shape index (κ3) is 6.69. The molecule has 2 atom stereocenters. The van der Waals surface area contributed by atoms with Gasteiger partial charge in [0, 0.05) is 23.0 Å². The van der Waals surface area contributed by atoms with Crippen molar-refractivity contribution in [3.63, 3.8) is 0 Å². The fourth-order valence-corrected chi connectivity index (χ4v) is 4.61. The maximum Gasteiger partial charge on any atom is 0.532 e. The molecule has 0 aromatic heterocycles. The molecule has 1 N–H and O–H groups in total. The average molecular weight is 496 g/mol. The molecule has 0 spiro atoms. The van der Waals surface area contributed by atoms with Gasteiger partial charge >= 0.3 is 12.9 Å². The topological polar surface area (TPSA) is 73.9 Å². The van der Waals surface area contributed by atoms with Crippen molar-refractivity contribution in [2.24, 2.45) is 0 Å². The van der Waals surface area contributed by atoms with Gasteiger partial charge in [0.15, 0.2) is 0 Å². The van der Waals surface area contributed by atoms with Gasteiger partial charge in [0.2, 0.25) is 0 Å². The van der Waals surface area contributed by atoms with Gasteiger partial charge in [-0.15, -0.1) is 0 Å². The van der Waals surface area contributed by atoms with E-state index in [1.807, 2.05) is 84.9 Å². The van der Waals surface area contributed by atoms with Crippen molar-refractivity contribution < 1.29 is 23.2 Å². The molecule has 0 fully saturated rings. The molecule has 1 unspecified atom stereocenters. The van der Waals surface area contributed by atoms with E-state index in [0.717, 1.165) is 16.5 Å². The SMILES string of the molecule is O=C(OP(=O)(Cl)Oc1cccc2ccccc12)[C@H](Cc1ccccc1)NOCc1ccccc1. The first kappa shape index (κ1) is 24.0. The molecule has 0 aliphatic rings. The van der Waals surface area contributed by atoms with E-state index < -0.39 is 19.0 Å². The second-order valence-corrected chi connectivity index (χ2v) is 10.0. The van der Waals surface area contributed by atoms with Crippen molar-refractivity contribution in [3.05, 3.63) is 114 Å². The van der Waals surface area contributed by atoms with Crippen LogP contribution in [0.4, 0.5) is 0 Å². The summed E-state index contributed by atoms with van der Waals surface area (Å²) in [6, 6.07) is 30.5. The summed E-state index contributed by atoms with van der Waals surface area (Å²) < 4.78 is 23.5. The number of halogens is 1. The molecule has 0 bridgehead atoms. The Morgan fingerprint density at radius 2 is 1.44 bits per heavy atom. The Balaban J connectivity index is 1.46. The van der Waals surface area contributed by atoms with Crippen molar-refractivity contribution in [1.82, 2.24) is 5.48 Å². The fraction of sp³-hybridized carbons (Fsp3) is 0.115. The van der Waals surface area contributed by atoms with Crippen LogP contribution >= 0.6 is 18.2 Å². The highest BCUT2D eigenvalue weighted by Gasteiger charge is 2.33. The highest BCUT2D eigenvalue weighted by Crippen LogP contribution is 2.54. The fourth-order valence-electron chi connectivity index (χ4n) is 3.41. The second kappa shape index (κ2) is 11.3. The van der Waals surface area contributed by atoms with Gasteiger partial charge in [-0.25, -0.2) is 9.36 Å². The van der Waals surface area contributed by atoms with Crippen LogP contribution in [0.2, 0.25) is 0 Å². The summed E-state index contributed by atoms with van der Waals surface area (Å²) in [4.78, 5) is 18.5. The van der Waals surface area contributed by atoms with Crippen molar-refractivity contribution in [2.75, 3.05) is 0 Å². The van der Waals surface area contributed by atoms with Gasteiger partial charge in [0.25, 0.3) is 0 Å². The minimum atomic E-state index is -4.30. The normalized spacial score (nSPS) is 13.7. The van der Waals surface area contributed by atoms with Crippen LogP contribution in [0.1, 0.15) is 11.1 Å². The highest BCUT2D eigenvalue weighted by atomic mass is 35.7. The van der Waals surface area contributed by atoms with Crippen molar-refractivity contribution in [2.45, 2.75) is 19.1 Å². The minimum absolute atomic E-state index is 0.227. The van der Waals surface area contributed by atoms with E-state index in [1.54, 1.807) is 18.2 Å². The van der Waals surface area contributed by atoms with Crippen LogP contribution < -0.4 is 10.0 Å². The van der Waals surface area contributed by atoms with Crippen LogP contribution in [0.5, 0.6) is 5.75 Å². The first-order valence-corrected chi connectivity index (χ1v) is 13.1. The van der Waals surface area contributed by atoms with Gasteiger partial charge in [0.1, 0.15) is 11.8 Å². The Bertz CT molecular complexity index is 1280. The largest absolute Gasteiger partial charge is 0.532 e. The molecule has 0 saturated carbocycles. The zero-order chi connectivity index (χ0) is 23.8. The van der Waals surface area contributed by atoms with E-state index in [9.17, 15) is 9.36 Å². The summed E-state index contributed by atoms with van der Waals surface area (Å²) in [5.74, 6) is -0.590. The second-order valence-electron chi connectivity index (χ2n) is 7.54. The maximum atomic E-state index is 13.0. The number of hydroxylamine groups is 1. The molecule has 174 valence electrons. The third-order valence-corrected chi connectivity index (χ3v) is 6.26. The van der Waals surface area contributed by atoms with Crippen molar-refractivity contribution in [1.29, 1.82) is 0 Å². The monoisotopic (exact) mass is 495 g/mol. The summed E-state index contributed by atoms with van der Waals surface area (Å²) in [5, 5.41) is 1.58. The lowest BCUT2D eigenvalue weighted by atomic mass is 10.1. The van der Waals surface area contributed by atoms with E-state index in [-0.39, 0.29) is 18.8 Å². The molecule has 0 heterocycles. The summed E-state index contributed by atoms with van der Waals surface area (Å²) >= 11 is 6.06. The van der Waals surface area contributed by atoms with Crippen molar-refractivity contribution in [3.8, 4) is 5.75 Å². The quantitative estimate of drug-likeness (QED) is 0.201. The first-order valence-electron chi connectivity index (χ1n) is 10.7. The molecule has 0 aliphatic heterocycles. The lowest BCUT2D eigenvalue weighted by Crippen LogP contribution is -2.39. The number of hydrogen-bond donors (Lipinski definition) is 1. The predicted octanol–water partition coefficient (Wildman–Crippen LogP) is 6.44. The van der Waals surface area contributed by atoms with E-state index in [0.29, 0.717) is 5.39 Å². The molecule has 4 rings (SSSR count). The molecule has 8 heteroatoms. The van der Waals surface area contributed by atoms with Gasteiger partial charge in [-0.2, -0.15) is 5.48 Å². The molecular formula is C26H23ClNO5P. The van der Waals surface area contributed by atoms with Crippen LogP contribution in [0.15, 0.2) is 103 Å². The maximum absolute atomic E-state index is 13.0. The molecule has 6 nitrogen and oxygen atoms in total. The van der Waals surface area contributed by atoms with Crippen LogP contribution in [0.25, 0.3) is 10.8 Å². The summed E-state index contributed by atoms with van der Waals surface area (Å²) in [5.41, 5.74) is 4.50. The van der Waals surface area contributed by atoms with E-state index in [4.69, 9.17) is 25.1 Å². The van der Waals surface area contributed by atoms with Gasteiger partial charge in [-0.1, -0.05) is 97.1 Å². The molecular weight excluding hydrogens is 473 g/mol. The van der Waals surface area contributed by atoms with Gasteiger partial charge in [-0.05, 0) is 22.6 Å². The number of fused-ring (bicyclic) bond motifs is 1. The number of carbonyl (C=O) groups excluding carboxylic acids is 1. The standard InChI is InChI=1S/C26H23ClNO5P/c27-34(30,32-25-17-9-15-22-14-7-8-16-23(22)25)33-26(29)24(18-20-10-3-1-4-11-20)28-31-19-21-12-5-2-6-13-21/h1-17,24,28H,18-19H2/t24-,34?/m0/s1. The Labute approximate surface area is 202 Å². The van der Waals surface area contributed by atoms with Gasteiger partial charge in [-0.3, -0.25) is 4.84 Å². The molecule has 0 saturated heterocycles. The van der Waals surface area contributed by atoms with Crippen LogP contribution in [-0.4, -0.2) is 12.0 Å². The predicted molar refractivity (Wildman–Crippen MR) is 132 cm³/mol. The van der Waals surface area contributed by atoms with Crippen LogP contribution in [0.3, 0.4) is 0 Å². The van der Waals surface area contributed by atoms with Crippen molar-refractivity contribution >= 4 is 34.9 Å². The summed E-state index contributed by atoms with van der Waals surface area (Å²) in [6.45, 7) is -4.07. The van der Waals surface area contributed by atoms with Gasteiger partial charge < -0.3 is 9.05 Å². The van der Waals surface area contributed by atoms with Gasteiger partial charge in [0.05, 0.1) is 6.61 Å². The molecule has 4 aromatic rings. The lowest BCUT2D eigenvalue weighted by molar-refractivity contribution is -0.141. The van der Waals surface area contributed by atoms with Crippen LogP contribution in [0, 0.1) is 0 Å². The Morgan fingerprint density at radius 3 is 2.18 bits per heavy atom. The zero-order valence-corrected chi connectivity index (χ0v) is 19.8. The smallest absolute Gasteiger partial charge is 0.404 e. The van der Waals surface area contributed by atoms with Crippen LogP contribution in [-0.2, 0) is 31.7 Å². The number of benzene rings is 4. The molecule has 34 heavy (non-hydrogen) atoms. The van der Waals surface area contributed by atoms with E-state index >= 15 is 0 Å². The molecule has 0 aliphatic carbocycles. The molecule has 0 amide bonds. The molecule has 4 aromatic carbocycles. The third-order valence-electron chi connectivity index (χ3n) is 5.03. The number of nitrogens with one attached hydrogen (secondary N) is 1. The molecule has 0 radical (unpaired) electrons. The highest BCUT2D eigenvalue weighted by molar-refractivity contribution is 7.82. The minimum Gasteiger partial charge on any atom is -0.404 e. The number of carbonyl (C=O) groups is 1. The number of rotatable bonds is 10. The lowest BCUT2D eigenvalue weighted by Gasteiger charge is -2.20. The zero-order valence-electron chi connectivity index (χ0n) is 18.2. The Kier molecular flexibility index (Phi) is 7.99. The number of hydrogen-bond acceptors (Lipinski definition) is 6. The van der Waals surface area contributed by atoms with E-state index in [1.165, 1.54) is 0 Å². The average Bonchev–Trinajstić information content (AvgIpc) is 2.84. The summed E-state index contributed by atoms with van der Waals surface area (Å²) in [7, 11) is 0. The Hall–Kier alpha value is -3.15. The van der Waals surface area contributed by atoms with E-state index in [2.05, 4.69) is 5.48 Å². The Morgan fingerprint density at radius 1 is 0.824 bits per heavy atom. The first-order chi connectivity index (χ1) is 16.5.